The van der Waals surface area contributed by atoms with Crippen LogP contribution in [0.2, 0.25) is 0 Å². The Labute approximate surface area is 191 Å². The molecule has 3 aromatic rings. The fraction of sp³-hybridized carbons (Fsp3) is 0.192. The third kappa shape index (κ3) is 4.87. The molecule has 0 saturated carbocycles. The molecule has 4 rings (SSSR count). The number of hydrogen-bond donors (Lipinski definition) is 3. The average molecular weight is 444 g/mol. The van der Waals surface area contributed by atoms with Crippen molar-refractivity contribution < 1.29 is 24.2 Å². The van der Waals surface area contributed by atoms with Crippen LogP contribution < -0.4 is 10.6 Å². The molecule has 0 fully saturated rings. The molecule has 33 heavy (non-hydrogen) atoms. The first-order chi connectivity index (χ1) is 15.9. The Kier molecular flexibility index (Phi) is 6.40. The quantitative estimate of drug-likeness (QED) is 0.492. The number of carbonyl (C=O) groups excluding carboxylic acids is 2. The SMILES string of the molecule is C[C@@H](CC(=O)O)NC(=O)c1ccccc1NC(=O)OCC1c2ccccc2-c2ccccc21. The molecule has 0 saturated heterocycles. The van der Waals surface area contributed by atoms with Crippen LogP contribution in [0.25, 0.3) is 11.1 Å². The van der Waals surface area contributed by atoms with Crippen molar-refractivity contribution >= 4 is 23.7 Å². The van der Waals surface area contributed by atoms with Crippen molar-refractivity contribution in [1.82, 2.24) is 5.32 Å². The Balaban J connectivity index is 1.43. The zero-order valence-corrected chi connectivity index (χ0v) is 18.1. The summed E-state index contributed by atoms with van der Waals surface area (Å²) in [5, 5.41) is 14.2. The highest BCUT2D eigenvalue weighted by Crippen LogP contribution is 2.44. The fourth-order valence-corrected chi connectivity index (χ4v) is 4.15. The van der Waals surface area contributed by atoms with Gasteiger partial charge in [-0.1, -0.05) is 60.7 Å². The number of amides is 2. The van der Waals surface area contributed by atoms with Gasteiger partial charge in [-0.15, -0.1) is 0 Å². The lowest BCUT2D eigenvalue weighted by molar-refractivity contribution is -0.137. The Morgan fingerprint density at radius 1 is 0.909 bits per heavy atom. The highest BCUT2D eigenvalue weighted by atomic mass is 16.5. The van der Waals surface area contributed by atoms with Gasteiger partial charge in [0.2, 0.25) is 0 Å². The van der Waals surface area contributed by atoms with Gasteiger partial charge < -0.3 is 15.2 Å². The summed E-state index contributed by atoms with van der Waals surface area (Å²) in [6.07, 6.45) is -0.871. The Hall–Kier alpha value is -4.13. The molecule has 7 nitrogen and oxygen atoms in total. The number of benzene rings is 3. The van der Waals surface area contributed by atoms with Gasteiger partial charge in [-0.2, -0.15) is 0 Å². The molecular weight excluding hydrogens is 420 g/mol. The third-order valence-electron chi connectivity index (χ3n) is 5.61. The van der Waals surface area contributed by atoms with Crippen LogP contribution in [0.3, 0.4) is 0 Å². The molecule has 2 amide bonds. The number of rotatable bonds is 7. The molecule has 3 N–H and O–H groups in total. The molecule has 0 heterocycles. The van der Waals surface area contributed by atoms with Crippen LogP contribution in [0.15, 0.2) is 72.8 Å². The lowest BCUT2D eigenvalue weighted by Gasteiger charge is -2.16. The number of carbonyl (C=O) groups is 3. The predicted molar refractivity (Wildman–Crippen MR) is 124 cm³/mol. The minimum absolute atomic E-state index is 0.0708. The van der Waals surface area contributed by atoms with E-state index < -0.39 is 24.0 Å². The average Bonchev–Trinajstić information content (AvgIpc) is 3.11. The van der Waals surface area contributed by atoms with Gasteiger partial charge >= 0.3 is 12.1 Å². The highest BCUT2D eigenvalue weighted by Gasteiger charge is 2.29. The fourth-order valence-electron chi connectivity index (χ4n) is 4.15. The van der Waals surface area contributed by atoms with E-state index >= 15 is 0 Å². The van der Waals surface area contributed by atoms with Gasteiger partial charge in [0.15, 0.2) is 0 Å². The number of aliphatic carboxylic acids is 1. The smallest absolute Gasteiger partial charge is 0.411 e. The molecule has 1 aliphatic rings. The Bertz CT molecular complexity index is 1160. The van der Waals surface area contributed by atoms with Crippen molar-refractivity contribution in [2.45, 2.75) is 25.3 Å². The van der Waals surface area contributed by atoms with Crippen LogP contribution in [-0.2, 0) is 9.53 Å². The Morgan fingerprint density at radius 3 is 2.12 bits per heavy atom. The zero-order chi connectivity index (χ0) is 23.4. The van der Waals surface area contributed by atoms with E-state index in [0.29, 0.717) is 0 Å². The molecule has 0 spiro atoms. The summed E-state index contributed by atoms with van der Waals surface area (Å²) in [5.74, 6) is -1.55. The lowest BCUT2D eigenvalue weighted by Crippen LogP contribution is -2.34. The summed E-state index contributed by atoms with van der Waals surface area (Å²) < 4.78 is 5.55. The van der Waals surface area contributed by atoms with Crippen molar-refractivity contribution in [3.63, 3.8) is 0 Å². The number of carboxylic acid groups (broad SMARTS) is 1. The molecule has 3 aromatic carbocycles. The minimum Gasteiger partial charge on any atom is -0.481 e. The summed E-state index contributed by atoms with van der Waals surface area (Å²) >= 11 is 0. The molecular formula is C26H24N2O5. The molecule has 7 heteroatoms. The predicted octanol–water partition coefficient (Wildman–Crippen LogP) is 4.64. The van der Waals surface area contributed by atoms with Crippen molar-refractivity contribution in [2.24, 2.45) is 0 Å². The molecule has 1 aliphatic carbocycles. The van der Waals surface area contributed by atoms with Crippen LogP contribution in [0.4, 0.5) is 10.5 Å². The maximum atomic E-state index is 12.6. The maximum Gasteiger partial charge on any atom is 0.411 e. The number of ether oxygens (including phenoxy) is 1. The van der Waals surface area contributed by atoms with Gasteiger partial charge in [0.1, 0.15) is 6.61 Å². The number of fused-ring (bicyclic) bond motifs is 3. The molecule has 0 unspecified atom stereocenters. The lowest BCUT2D eigenvalue weighted by atomic mass is 9.98. The van der Waals surface area contributed by atoms with E-state index in [4.69, 9.17) is 9.84 Å². The zero-order valence-electron chi connectivity index (χ0n) is 18.1. The van der Waals surface area contributed by atoms with E-state index in [0.717, 1.165) is 22.3 Å². The minimum atomic E-state index is -1.01. The van der Waals surface area contributed by atoms with E-state index in [1.807, 2.05) is 36.4 Å². The second kappa shape index (κ2) is 9.56. The number of hydrogen-bond acceptors (Lipinski definition) is 4. The third-order valence-corrected chi connectivity index (χ3v) is 5.61. The summed E-state index contributed by atoms with van der Waals surface area (Å²) in [6.45, 7) is 1.76. The van der Waals surface area contributed by atoms with Gasteiger partial charge in [-0.05, 0) is 41.3 Å². The molecule has 0 bridgehead atoms. The largest absolute Gasteiger partial charge is 0.481 e. The highest BCUT2D eigenvalue weighted by molar-refractivity contribution is 6.02. The van der Waals surface area contributed by atoms with Crippen molar-refractivity contribution in [3.8, 4) is 11.1 Å². The first-order valence-corrected chi connectivity index (χ1v) is 10.7. The normalized spacial score (nSPS) is 12.9. The van der Waals surface area contributed by atoms with Crippen molar-refractivity contribution in [3.05, 3.63) is 89.5 Å². The standard InChI is InChI=1S/C26H24N2O5/c1-16(14-24(29)30)27-25(31)21-12-6-7-13-23(21)28-26(32)33-15-22-19-10-4-2-8-17(19)18-9-3-5-11-20(18)22/h2-13,16,22H,14-15H2,1H3,(H,27,31)(H,28,32)(H,29,30)/t16-/m0/s1. The molecule has 1 atom stereocenters. The molecule has 0 aromatic heterocycles. The number of nitrogens with one attached hydrogen (secondary N) is 2. The van der Waals surface area contributed by atoms with Gasteiger partial charge in [-0.25, -0.2) is 4.79 Å². The topological polar surface area (TPSA) is 105 Å². The van der Waals surface area contributed by atoms with Crippen molar-refractivity contribution in [2.75, 3.05) is 11.9 Å². The second-order valence-electron chi connectivity index (χ2n) is 7.97. The number of para-hydroxylation sites is 1. The summed E-state index contributed by atoms with van der Waals surface area (Å²) in [7, 11) is 0. The summed E-state index contributed by atoms with van der Waals surface area (Å²) in [6, 6.07) is 22.1. The van der Waals surface area contributed by atoms with Crippen LogP contribution in [0, 0.1) is 0 Å². The molecule has 168 valence electrons. The van der Waals surface area contributed by atoms with Crippen LogP contribution in [0.5, 0.6) is 0 Å². The van der Waals surface area contributed by atoms with E-state index in [1.165, 1.54) is 0 Å². The van der Waals surface area contributed by atoms with E-state index in [1.54, 1.807) is 31.2 Å². The number of anilines is 1. The molecule has 0 radical (unpaired) electrons. The summed E-state index contributed by atoms with van der Waals surface area (Å²) in [5.41, 5.74) is 5.01. The van der Waals surface area contributed by atoms with Gasteiger partial charge in [-0.3, -0.25) is 14.9 Å². The van der Waals surface area contributed by atoms with E-state index in [-0.39, 0.29) is 30.2 Å². The van der Waals surface area contributed by atoms with Crippen LogP contribution in [-0.4, -0.2) is 35.7 Å². The van der Waals surface area contributed by atoms with Crippen molar-refractivity contribution in [1.29, 1.82) is 0 Å². The van der Waals surface area contributed by atoms with Gasteiger partial charge in [0.05, 0.1) is 17.7 Å². The maximum absolute atomic E-state index is 12.6. The second-order valence-corrected chi connectivity index (χ2v) is 7.97. The van der Waals surface area contributed by atoms with Crippen LogP contribution >= 0.6 is 0 Å². The van der Waals surface area contributed by atoms with E-state index in [9.17, 15) is 14.4 Å². The number of carboxylic acids is 1. The van der Waals surface area contributed by atoms with Crippen LogP contribution in [0.1, 0.15) is 40.7 Å². The first kappa shape index (κ1) is 22.1. The van der Waals surface area contributed by atoms with Gasteiger partial charge in [0, 0.05) is 12.0 Å². The summed E-state index contributed by atoms with van der Waals surface area (Å²) in [4.78, 5) is 36.0. The molecule has 0 aliphatic heterocycles. The first-order valence-electron chi connectivity index (χ1n) is 10.7. The monoisotopic (exact) mass is 444 g/mol. The van der Waals surface area contributed by atoms with E-state index in [2.05, 4.69) is 22.8 Å². The Morgan fingerprint density at radius 2 is 1.48 bits per heavy atom. The van der Waals surface area contributed by atoms with Gasteiger partial charge in [0.25, 0.3) is 5.91 Å².